The first-order valence-electron chi connectivity index (χ1n) is 6.41. The maximum atomic E-state index is 13.6. The fraction of sp³-hybridized carbons (Fsp3) is 0.462. The van der Waals surface area contributed by atoms with E-state index >= 15 is 0 Å². The van der Waals surface area contributed by atoms with Gasteiger partial charge in [-0.2, -0.15) is 0 Å². The summed E-state index contributed by atoms with van der Waals surface area (Å²) in [5.41, 5.74) is -1.02. The molecule has 1 unspecified atom stereocenters. The van der Waals surface area contributed by atoms with E-state index in [1.165, 1.54) is 0 Å². The highest BCUT2D eigenvalue weighted by molar-refractivity contribution is 5.66. The van der Waals surface area contributed by atoms with E-state index in [9.17, 15) is 23.7 Å². The van der Waals surface area contributed by atoms with E-state index < -0.39 is 33.9 Å². The van der Waals surface area contributed by atoms with Crippen LogP contribution in [0.15, 0.2) is 12.1 Å². The van der Waals surface area contributed by atoms with Gasteiger partial charge in [-0.15, -0.1) is 0 Å². The molecular weight excluding hydrogens is 286 g/mol. The van der Waals surface area contributed by atoms with Crippen molar-refractivity contribution < 1.29 is 23.6 Å². The smallest absolute Gasteiger partial charge is 0.303 e. The first-order chi connectivity index (χ1) is 9.82. The number of carboxylic acids is 1. The molecule has 1 atom stereocenters. The standard InChI is InChI=1S/C13H16F2N2O4/c1-8(2-5-11(18)19)6-7-16-13-10(17(20)21)4-3-9(14)12(13)15/h3-4,8,16H,2,5-7H2,1H3,(H,18,19). The molecule has 1 aromatic carbocycles. The van der Waals surface area contributed by atoms with Crippen molar-refractivity contribution in [2.75, 3.05) is 11.9 Å². The number of rotatable bonds is 8. The predicted molar refractivity (Wildman–Crippen MR) is 72.2 cm³/mol. The van der Waals surface area contributed by atoms with Crippen LogP contribution in [-0.4, -0.2) is 22.5 Å². The molecule has 0 aliphatic carbocycles. The summed E-state index contributed by atoms with van der Waals surface area (Å²) >= 11 is 0. The monoisotopic (exact) mass is 302 g/mol. The number of aliphatic carboxylic acids is 1. The number of nitro benzene ring substituents is 1. The lowest BCUT2D eigenvalue weighted by atomic mass is 10.0. The Morgan fingerprint density at radius 2 is 2.10 bits per heavy atom. The molecule has 21 heavy (non-hydrogen) atoms. The second-order valence-corrected chi connectivity index (χ2v) is 4.77. The summed E-state index contributed by atoms with van der Waals surface area (Å²) in [6.07, 6.45) is 0.959. The van der Waals surface area contributed by atoms with Gasteiger partial charge in [-0.25, -0.2) is 8.78 Å². The molecule has 0 amide bonds. The Bertz CT molecular complexity index is 537. The lowest BCUT2D eigenvalue weighted by molar-refractivity contribution is -0.384. The summed E-state index contributed by atoms with van der Waals surface area (Å²) < 4.78 is 26.7. The van der Waals surface area contributed by atoms with Gasteiger partial charge < -0.3 is 10.4 Å². The molecule has 0 aliphatic rings. The van der Waals surface area contributed by atoms with Crippen LogP contribution in [0.3, 0.4) is 0 Å². The molecule has 0 spiro atoms. The summed E-state index contributed by atoms with van der Waals surface area (Å²) in [4.78, 5) is 20.4. The zero-order valence-corrected chi connectivity index (χ0v) is 11.4. The molecule has 2 N–H and O–H groups in total. The van der Waals surface area contributed by atoms with E-state index in [1.54, 1.807) is 0 Å². The van der Waals surface area contributed by atoms with Gasteiger partial charge in [-0.05, 0) is 24.8 Å². The third-order valence-corrected chi connectivity index (χ3v) is 3.06. The van der Waals surface area contributed by atoms with Crippen molar-refractivity contribution in [1.29, 1.82) is 0 Å². The zero-order chi connectivity index (χ0) is 16.0. The number of benzene rings is 1. The highest BCUT2D eigenvalue weighted by Crippen LogP contribution is 2.29. The van der Waals surface area contributed by atoms with Crippen LogP contribution in [-0.2, 0) is 4.79 Å². The molecule has 0 fully saturated rings. The van der Waals surface area contributed by atoms with Gasteiger partial charge in [0.05, 0.1) is 4.92 Å². The fourth-order valence-corrected chi connectivity index (χ4v) is 1.82. The number of hydrogen-bond acceptors (Lipinski definition) is 4. The van der Waals surface area contributed by atoms with Crippen LogP contribution in [0.5, 0.6) is 0 Å². The van der Waals surface area contributed by atoms with E-state index in [0.717, 1.165) is 6.07 Å². The number of carboxylic acid groups (broad SMARTS) is 1. The first kappa shape index (κ1) is 16.8. The molecule has 0 saturated heterocycles. The number of hydrogen-bond donors (Lipinski definition) is 2. The van der Waals surface area contributed by atoms with Gasteiger partial charge in [-0.1, -0.05) is 6.92 Å². The minimum absolute atomic E-state index is 0.0235. The van der Waals surface area contributed by atoms with Gasteiger partial charge in [0.15, 0.2) is 17.3 Å². The number of nitro groups is 1. The van der Waals surface area contributed by atoms with Crippen molar-refractivity contribution in [2.45, 2.75) is 26.2 Å². The molecular formula is C13H16F2N2O4. The summed E-state index contributed by atoms with van der Waals surface area (Å²) in [5, 5.41) is 21.8. The molecule has 8 heteroatoms. The molecule has 0 radical (unpaired) electrons. The van der Waals surface area contributed by atoms with Crippen molar-refractivity contribution in [3.05, 3.63) is 33.9 Å². The zero-order valence-electron chi connectivity index (χ0n) is 11.4. The fourth-order valence-electron chi connectivity index (χ4n) is 1.82. The molecule has 6 nitrogen and oxygen atoms in total. The number of nitrogens with one attached hydrogen (secondary N) is 1. The van der Waals surface area contributed by atoms with Crippen LogP contribution in [0.4, 0.5) is 20.2 Å². The second kappa shape index (κ2) is 7.51. The lowest BCUT2D eigenvalue weighted by Gasteiger charge is -2.12. The molecule has 1 rings (SSSR count). The third kappa shape index (κ3) is 4.97. The Morgan fingerprint density at radius 3 is 2.67 bits per heavy atom. The normalized spacial score (nSPS) is 12.0. The van der Waals surface area contributed by atoms with Crippen molar-refractivity contribution in [2.24, 2.45) is 5.92 Å². The molecule has 0 aliphatic heterocycles. The number of anilines is 1. The Balaban J connectivity index is 2.64. The van der Waals surface area contributed by atoms with Gasteiger partial charge in [-0.3, -0.25) is 14.9 Å². The third-order valence-electron chi connectivity index (χ3n) is 3.06. The topological polar surface area (TPSA) is 92.5 Å². The highest BCUT2D eigenvalue weighted by atomic mass is 19.2. The van der Waals surface area contributed by atoms with Crippen LogP contribution >= 0.6 is 0 Å². The second-order valence-electron chi connectivity index (χ2n) is 4.77. The van der Waals surface area contributed by atoms with Gasteiger partial charge in [0.2, 0.25) is 0 Å². The van der Waals surface area contributed by atoms with Crippen LogP contribution in [0.1, 0.15) is 26.2 Å². The largest absolute Gasteiger partial charge is 0.481 e. The average molecular weight is 302 g/mol. The SMILES string of the molecule is CC(CCNc1c([N+](=O)[O-])ccc(F)c1F)CCC(=O)O. The molecule has 116 valence electrons. The van der Waals surface area contributed by atoms with Crippen LogP contribution < -0.4 is 5.32 Å². The molecule has 0 saturated carbocycles. The van der Waals surface area contributed by atoms with Crippen molar-refractivity contribution in [3.8, 4) is 0 Å². The van der Waals surface area contributed by atoms with Crippen LogP contribution in [0.2, 0.25) is 0 Å². The first-order valence-corrected chi connectivity index (χ1v) is 6.41. The number of nitrogens with zero attached hydrogens (tertiary/aromatic N) is 1. The summed E-state index contributed by atoms with van der Waals surface area (Å²) in [6.45, 7) is 2.00. The molecule has 1 aromatic rings. The van der Waals surface area contributed by atoms with Gasteiger partial charge >= 0.3 is 5.97 Å². The maximum Gasteiger partial charge on any atom is 0.303 e. The van der Waals surface area contributed by atoms with E-state index in [-0.39, 0.29) is 18.9 Å². The predicted octanol–water partition coefficient (Wildman–Crippen LogP) is 3.18. The van der Waals surface area contributed by atoms with Crippen LogP contribution in [0.25, 0.3) is 0 Å². The summed E-state index contributed by atoms with van der Waals surface area (Å²) in [7, 11) is 0. The van der Waals surface area contributed by atoms with Gasteiger partial charge in [0.1, 0.15) is 0 Å². The van der Waals surface area contributed by atoms with E-state index in [4.69, 9.17) is 5.11 Å². The van der Waals surface area contributed by atoms with Gasteiger partial charge in [0, 0.05) is 19.0 Å². The maximum absolute atomic E-state index is 13.6. The van der Waals surface area contributed by atoms with E-state index in [2.05, 4.69) is 5.32 Å². The van der Waals surface area contributed by atoms with Crippen LogP contribution in [0, 0.1) is 27.7 Å². The highest BCUT2D eigenvalue weighted by Gasteiger charge is 2.21. The van der Waals surface area contributed by atoms with Crippen molar-refractivity contribution in [1.82, 2.24) is 0 Å². The minimum atomic E-state index is -1.29. The van der Waals surface area contributed by atoms with E-state index in [0.29, 0.717) is 18.9 Å². The van der Waals surface area contributed by atoms with E-state index in [1.807, 2.05) is 6.92 Å². The lowest BCUT2D eigenvalue weighted by Crippen LogP contribution is -2.11. The molecule has 0 bridgehead atoms. The Labute approximate surface area is 119 Å². The quantitative estimate of drug-likeness (QED) is 0.568. The minimum Gasteiger partial charge on any atom is -0.481 e. The number of carbonyl (C=O) groups is 1. The molecule has 0 heterocycles. The Morgan fingerprint density at radius 1 is 1.43 bits per heavy atom. The van der Waals surface area contributed by atoms with Gasteiger partial charge in [0.25, 0.3) is 5.69 Å². The Kier molecular flexibility index (Phi) is 6.01. The average Bonchev–Trinajstić information content (AvgIpc) is 2.40. The molecule has 0 aromatic heterocycles. The summed E-state index contributed by atoms with van der Waals surface area (Å²) in [6, 6.07) is 1.60. The van der Waals surface area contributed by atoms with Crippen molar-refractivity contribution in [3.63, 3.8) is 0 Å². The summed E-state index contributed by atoms with van der Waals surface area (Å²) in [5.74, 6) is -3.31. The number of halogens is 2. The Hall–Kier alpha value is -2.25. The van der Waals surface area contributed by atoms with Crippen molar-refractivity contribution >= 4 is 17.3 Å².